The number of benzene rings is 1. The van der Waals surface area contributed by atoms with Crippen LogP contribution in [0.2, 0.25) is 0 Å². The molecule has 1 aromatic carbocycles. The Kier molecular flexibility index (Phi) is 5.50. The number of hydrogen-bond donors (Lipinski definition) is 1. The van der Waals surface area contributed by atoms with Crippen molar-refractivity contribution >= 4 is 26.9 Å². The van der Waals surface area contributed by atoms with Gasteiger partial charge in [0, 0.05) is 19.6 Å². The van der Waals surface area contributed by atoms with E-state index in [-0.39, 0.29) is 16.5 Å². The highest BCUT2D eigenvalue weighted by atomic mass is 32.2. The minimum absolute atomic E-state index is 0.122. The molecule has 0 radical (unpaired) electrons. The number of nitrogens with one attached hydrogen (secondary N) is 1. The van der Waals surface area contributed by atoms with E-state index in [1.807, 2.05) is 0 Å². The van der Waals surface area contributed by atoms with Gasteiger partial charge in [-0.1, -0.05) is 16.8 Å². The lowest BCUT2D eigenvalue weighted by Crippen LogP contribution is -2.28. The van der Waals surface area contributed by atoms with Crippen LogP contribution in [-0.4, -0.2) is 44.0 Å². The fourth-order valence-corrected chi connectivity index (χ4v) is 4.93. The van der Waals surface area contributed by atoms with Gasteiger partial charge in [0.2, 0.25) is 10.0 Å². The molecule has 1 saturated heterocycles. The van der Waals surface area contributed by atoms with Gasteiger partial charge in [-0.3, -0.25) is 4.79 Å². The Balaban J connectivity index is 1.51. The first-order chi connectivity index (χ1) is 13.5. The molecule has 7 nitrogen and oxygen atoms in total. The van der Waals surface area contributed by atoms with Crippen LogP contribution >= 0.6 is 0 Å². The molecule has 1 fully saturated rings. The van der Waals surface area contributed by atoms with E-state index >= 15 is 0 Å². The summed E-state index contributed by atoms with van der Waals surface area (Å²) in [6, 6.07) is 4.53. The molecular formula is C20H25N3O4S. The van der Waals surface area contributed by atoms with Gasteiger partial charge in [-0.2, -0.15) is 0 Å². The van der Waals surface area contributed by atoms with E-state index in [9.17, 15) is 13.2 Å². The van der Waals surface area contributed by atoms with Gasteiger partial charge in [-0.05, 0) is 63.1 Å². The smallest absolute Gasteiger partial charge is 0.276 e. The van der Waals surface area contributed by atoms with Crippen LogP contribution in [0.15, 0.2) is 39.3 Å². The predicted molar refractivity (Wildman–Crippen MR) is 106 cm³/mol. The number of rotatable bonds is 6. The van der Waals surface area contributed by atoms with Gasteiger partial charge in [0.1, 0.15) is 0 Å². The molecule has 2 aromatic rings. The summed E-state index contributed by atoms with van der Waals surface area (Å²) in [5.41, 5.74) is 1.91. The molecular weight excluding hydrogens is 378 g/mol. The molecule has 28 heavy (non-hydrogen) atoms. The zero-order valence-electron chi connectivity index (χ0n) is 15.8. The second-order valence-corrected chi connectivity index (χ2v) is 9.21. The number of carbonyl (C=O) groups excluding carboxylic acids is 1. The molecule has 2 aliphatic rings. The monoisotopic (exact) mass is 403 g/mol. The van der Waals surface area contributed by atoms with Crippen molar-refractivity contribution in [3.05, 3.63) is 35.5 Å². The Morgan fingerprint density at radius 1 is 1.18 bits per heavy atom. The minimum Gasteiger partial charge on any atom is -0.355 e. The maximum atomic E-state index is 12.7. The molecule has 0 atom stereocenters. The van der Waals surface area contributed by atoms with Gasteiger partial charge in [0.05, 0.1) is 10.3 Å². The third-order valence-electron chi connectivity index (χ3n) is 5.47. The Morgan fingerprint density at radius 3 is 2.75 bits per heavy atom. The van der Waals surface area contributed by atoms with Crippen molar-refractivity contribution in [2.45, 2.75) is 49.8 Å². The van der Waals surface area contributed by atoms with Gasteiger partial charge in [0.15, 0.2) is 11.3 Å². The van der Waals surface area contributed by atoms with Crippen molar-refractivity contribution in [2.24, 2.45) is 0 Å². The van der Waals surface area contributed by atoms with Gasteiger partial charge in [-0.25, -0.2) is 13.1 Å². The summed E-state index contributed by atoms with van der Waals surface area (Å²) >= 11 is 0. The minimum atomic E-state index is -3.66. The standard InChI is InChI=1S/C20H25N3O4S/c24-20(23-12-4-5-13-23)19-17-14-16(8-9-18(17)27-22-19)28(25,26)21-11-10-15-6-2-1-3-7-15/h6,8-9,14,21H,1-5,7,10-13H2. The zero-order valence-corrected chi connectivity index (χ0v) is 16.6. The number of hydrogen-bond acceptors (Lipinski definition) is 5. The molecule has 0 bridgehead atoms. The predicted octanol–water partition coefficient (Wildman–Crippen LogP) is 3.23. The lowest BCUT2D eigenvalue weighted by molar-refractivity contribution is 0.0784. The fourth-order valence-electron chi connectivity index (χ4n) is 3.87. The van der Waals surface area contributed by atoms with E-state index in [4.69, 9.17) is 4.52 Å². The van der Waals surface area contributed by atoms with Gasteiger partial charge in [-0.15, -0.1) is 0 Å². The second-order valence-electron chi connectivity index (χ2n) is 7.44. The Bertz CT molecular complexity index is 1000. The number of likely N-dealkylation sites (tertiary alicyclic amines) is 1. The van der Waals surface area contributed by atoms with Gasteiger partial charge < -0.3 is 9.42 Å². The van der Waals surface area contributed by atoms with Crippen LogP contribution in [-0.2, 0) is 10.0 Å². The molecule has 1 aromatic heterocycles. The second kappa shape index (κ2) is 8.05. The Labute approximate surface area is 164 Å². The van der Waals surface area contributed by atoms with E-state index in [2.05, 4.69) is 16.0 Å². The summed E-state index contributed by atoms with van der Waals surface area (Å²) in [5.74, 6) is -0.206. The third-order valence-corrected chi connectivity index (χ3v) is 6.93. The number of fused-ring (bicyclic) bond motifs is 1. The van der Waals surface area contributed by atoms with E-state index in [1.54, 1.807) is 11.0 Å². The SMILES string of the molecule is O=C(c1noc2ccc(S(=O)(=O)NCCC3=CCCCC3)cc12)N1CCCC1. The quantitative estimate of drug-likeness (QED) is 0.748. The van der Waals surface area contributed by atoms with E-state index in [0.29, 0.717) is 30.6 Å². The van der Waals surface area contributed by atoms with Crippen LogP contribution in [0.5, 0.6) is 0 Å². The van der Waals surface area contributed by atoms with Crippen LogP contribution < -0.4 is 4.72 Å². The normalized spacial score (nSPS) is 17.9. The summed E-state index contributed by atoms with van der Waals surface area (Å²) in [6.45, 7) is 1.76. The average molecular weight is 404 g/mol. The van der Waals surface area contributed by atoms with Crippen molar-refractivity contribution in [1.29, 1.82) is 0 Å². The lowest BCUT2D eigenvalue weighted by Gasteiger charge is -2.13. The lowest BCUT2D eigenvalue weighted by atomic mass is 9.97. The highest BCUT2D eigenvalue weighted by molar-refractivity contribution is 7.89. The van der Waals surface area contributed by atoms with Crippen LogP contribution in [0.4, 0.5) is 0 Å². The molecule has 0 saturated carbocycles. The van der Waals surface area contributed by atoms with Crippen molar-refractivity contribution in [2.75, 3.05) is 19.6 Å². The molecule has 1 N–H and O–H groups in total. The van der Waals surface area contributed by atoms with Crippen molar-refractivity contribution in [1.82, 2.24) is 14.8 Å². The number of aromatic nitrogens is 1. The summed E-state index contributed by atoms with van der Waals surface area (Å²) in [4.78, 5) is 14.5. The first-order valence-corrected chi connectivity index (χ1v) is 11.4. The summed E-state index contributed by atoms with van der Waals surface area (Å²) in [5, 5.41) is 4.34. The van der Waals surface area contributed by atoms with Crippen molar-refractivity contribution in [3.8, 4) is 0 Å². The molecule has 150 valence electrons. The number of sulfonamides is 1. The average Bonchev–Trinajstić information content (AvgIpc) is 3.38. The van der Waals surface area contributed by atoms with Gasteiger partial charge in [0.25, 0.3) is 5.91 Å². The molecule has 1 aliphatic carbocycles. The highest BCUT2D eigenvalue weighted by Crippen LogP contribution is 2.25. The van der Waals surface area contributed by atoms with Crippen molar-refractivity contribution < 1.29 is 17.7 Å². The summed E-state index contributed by atoms with van der Waals surface area (Å²) in [6.07, 6.45) is 9.42. The largest absolute Gasteiger partial charge is 0.355 e. The maximum absolute atomic E-state index is 12.7. The molecule has 0 spiro atoms. The van der Waals surface area contributed by atoms with Crippen LogP contribution in [0.3, 0.4) is 0 Å². The number of allylic oxidation sites excluding steroid dienone is 1. The molecule has 4 rings (SSSR count). The Morgan fingerprint density at radius 2 is 2.00 bits per heavy atom. The van der Waals surface area contributed by atoms with Gasteiger partial charge >= 0.3 is 0 Å². The summed E-state index contributed by atoms with van der Waals surface area (Å²) < 4.78 is 33.3. The van der Waals surface area contributed by atoms with Crippen molar-refractivity contribution in [3.63, 3.8) is 0 Å². The number of carbonyl (C=O) groups is 1. The molecule has 2 heterocycles. The summed E-state index contributed by atoms with van der Waals surface area (Å²) in [7, 11) is -3.66. The maximum Gasteiger partial charge on any atom is 0.276 e. The third kappa shape index (κ3) is 3.98. The first kappa shape index (κ1) is 19.1. The topological polar surface area (TPSA) is 92.5 Å². The van der Waals surface area contributed by atoms with E-state index in [0.717, 1.165) is 32.1 Å². The molecule has 1 amide bonds. The Hall–Kier alpha value is -2.19. The van der Waals surface area contributed by atoms with Crippen LogP contribution in [0.1, 0.15) is 55.4 Å². The molecule has 1 aliphatic heterocycles. The highest BCUT2D eigenvalue weighted by Gasteiger charge is 2.26. The number of amides is 1. The first-order valence-electron chi connectivity index (χ1n) is 9.91. The molecule has 0 unspecified atom stereocenters. The zero-order chi connectivity index (χ0) is 19.6. The fraction of sp³-hybridized carbons (Fsp3) is 0.500. The number of nitrogens with zero attached hydrogens (tertiary/aromatic N) is 2. The van der Waals surface area contributed by atoms with Crippen LogP contribution in [0, 0.1) is 0 Å². The van der Waals surface area contributed by atoms with E-state index in [1.165, 1.54) is 30.5 Å². The van der Waals surface area contributed by atoms with Crippen LogP contribution in [0.25, 0.3) is 11.0 Å². The molecule has 8 heteroatoms. The van der Waals surface area contributed by atoms with E-state index < -0.39 is 10.0 Å².